The van der Waals surface area contributed by atoms with Crippen LogP contribution in [0.5, 0.6) is 0 Å². The summed E-state index contributed by atoms with van der Waals surface area (Å²) in [4.78, 5) is 0. The second-order valence-electron chi connectivity index (χ2n) is 3.01. The molecule has 0 aromatic heterocycles. The standard InChI is InChI=1S/C12H17/c1-2-4-6-8-10-12-11-9-7-5-3-1/h1-3,6,8,11-12H,4-5,7,9-10H2/b2-1+,8-6+,12-11-. The van der Waals surface area contributed by atoms with Crippen LogP contribution < -0.4 is 0 Å². The molecule has 0 amide bonds. The lowest BCUT2D eigenvalue weighted by Crippen LogP contribution is -1.74. The predicted molar refractivity (Wildman–Crippen MR) is 54.8 cm³/mol. The molecule has 0 saturated heterocycles. The summed E-state index contributed by atoms with van der Waals surface area (Å²) in [5, 5.41) is 0. The lowest BCUT2D eigenvalue weighted by molar-refractivity contribution is 0.840. The number of hydrogen-bond acceptors (Lipinski definition) is 0. The molecule has 0 bridgehead atoms. The zero-order valence-electron chi connectivity index (χ0n) is 7.58. The Morgan fingerprint density at radius 1 is 0.667 bits per heavy atom. The topological polar surface area (TPSA) is 0 Å². The quantitative estimate of drug-likeness (QED) is 0.474. The van der Waals surface area contributed by atoms with E-state index in [0.29, 0.717) is 0 Å². The van der Waals surface area contributed by atoms with Crippen molar-refractivity contribution in [3.05, 3.63) is 42.9 Å². The van der Waals surface area contributed by atoms with Crippen LogP contribution in [0.4, 0.5) is 0 Å². The van der Waals surface area contributed by atoms with Crippen molar-refractivity contribution in [1.29, 1.82) is 0 Å². The fourth-order valence-corrected chi connectivity index (χ4v) is 1.19. The van der Waals surface area contributed by atoms with E-state index in [9.17, 15) is 0 Å². The molecular formula is C12H17. The van der Waals surface area contributed by atoms with Crippen LogP contribution in [0.3, 0.4) is 0 Å². The van der Waals surface area contributed by atoms with Gasteiger partial charge in [-0.25, -0.2) is 0 Å². The molecule has 1 aliphatic carbocycles. The van der Waals surface area contributed by atoms with E-state index in [-0.39, 0.29) is 0 Å². The fourth-order valence-electron chi connectivity index (χ4n) is 1.19. The van der Waals surface area contributed by atoms with E-state index < -0.39 is 0 Å². The first-order chi connectivity index (χ1) is 6.00. The Balaban J connectivity index is 2.31. The van der Waals surface area contributed by atoms with Crippen LogP contribution in [0.15, 0.2) is 36.5 Å². The summed E-state index contributed by atoms with van der Waals surface area (Å²) in [6, 6.07) is 0. The lowest BCUT2D eigenvalue weighted by Gasteiger charge is -1.93. The summed E-state index contributed by atoms with van der Waals surface area (Å²) in [6.07, 6.45) is 21.5. The summed E-state index contributed by atoms with van der Waals surface area (Å²) < 4.78 is 0. The molecule has 1 aliphatic rings. The van der Waals surface area contributed by atoms with Gasteiger partial charge in [0.2, 0.25) is 0 Å². The zero-order valence-corrected chi connectivity index (χ0v) is 7.58. The third-order valence-corrected chi connectivity index (χ3v) is 1.89. The Bertz CT molecular complexity index is 152. The van der Waals surface area contributed by atoms with E-state index in [4.69, 9.17) is 0 Å². The van der Waals surface area contributed by atoms with Crippen LogP contribution in [0.1, 0.15) is 32.1 Å². The molecule has 0 fully saturated rings. The summed E-state index contributed by atoms with van der Waals surface area (Å²) >= 11 is 0. The summed E-state index contributed by atoms with van der Waals surface area (Å²) in [5.41, 5.74) is 0. The zero-order chi connectivity index (χ0) is 8.49. The van der Waals surface area contributed by atoms with Gasteiger partial charge in [0, 0.05) is 0 Å². The highest BCUT2D eigenvalue weighted by Crippen LogP contribution is 2.03. The maximum absolute atomic E-state index is 2.28. The Morgan fingerprint density at radius 3 is 2.33 bits per heavy atom. The van der Waals surface area contributed by atoms with Crippen LogP contribution in [0.25, 0.3) is 0 Å². The van der Waals surface area contributed by atoms with E-state index in [0.717, 1.165) is 12.8 Å². The van der Waals surface area contributed by atoms with Gasteiger partial charge in [0.15, 0.2) is 0 Å². The molecule has 0 nitrogen and oxygen atoms in total. The third kappa shape index (κ3) is 4.95. The van der Waals surface area contributed by atoms with Gasteiger partial charge in [0.25, 0.3) is 0 Å². The van der Waals surface area contributed by atoms with Crippen LogP contribution in [0, 0.1) is 6.42 Å². The van der Waals surface area contributed by atoms with Crippen LogP contribution in [-0.2, 0) is 0 Å². The van der Waals surface area contributed by atoms with Gasteiger partial charge < -0.3 is 0 Å². The van der Waals surface area contributed by atoms with Gasteiger partial charge in [-0.3, -0.25) is 0 Å². The molecule has 65 valence electrons. The Hall–Kier alpha value is -0.780. The Kier molecular flexibility index (Phi) is 5.35. The summed E-state index contributed by atoms with van der Waals surface area (Å²) in [5.74, 6) is 0. The molecule has 0 aliphatic heterocycles. The van der Waals surface area contributed by atoms with Crippen molar-refractivity contribution in [2.75, 3.05) is 0 Å². The van der Waals surface area contributed by atoms with E-state index in [1.807, 2.05) is 0 Å². The minimum Gasteiger partial charge on any atom is -0.0882 e. The normalized spacial score (nSPS) is 28.0. The molecule has 0 saturated carbocycles. The molecule has 0 aromatic rings. The first-order valence-electron chi connectivity index (χ1n) is 4.78. The summed E-state index contributed by atoms with van der Waals surface area (Å²) in [7, 11) is 0. The fraction of sp³-hybridized carbons (Fsp3) is 0.417. The van der Waals surface area contributed by atoms with Crippen molar-refractivity contribution in [3.8, 4) is 0 Å². The molecular weight excluding hydrogens is 144 g/mol. The van der Waals surface area contributed by atoms with Crippen molar-refractivity contribution in [2.45, 2.75) is 32.1 Å². The average molecular weight is 161 g/mol. The second kappa shape index (κ2) is 6.90. The monoisotopic (exact) mass is 161 g/mol. The van der Waals surface area contributed by atoms with Gasteiger partial charge in [0.05, 0.1) is 0 Å². The van der Waals surface area contributed by atoms with Gasteiger partial charge in [-0.15, -0.1) is 0 Å². The van der Waals surface area contributed by atoms with E-state index in [2.05, 4.69) is 42.9 Å². The molecule has 0 N–H and O–H groups in total. The molecule has 0 spiro atoms. The summed E-state index contributed by atoms with van der Waals surface area (Å²) in [6.45, 7) is 0. The molecule has 1 radical (unpaired) electrons. The average Bonchev–Trinajstić information content (AvgIpc) is 2.05. The highest BCUT2D eigenvalue weighted by atomic mass is 13.9. The molecule has 1 rings (SSSR count). The molecule has 0 heteroatoms. The third-order valence-electron chi connectivity index (χ3n) is 1.89. The van der Waals surface area contributed by atoms with Crippen molar-refractivity contribution in [2.24, 2.45) is 0 Å². The van der Waals surface area contributed by atoms with Crippen LogP contribution >= 0.6 is 0 Å². The second-order valence-corrected chi connectivity index (χ2v) is 3.01. The van der Waals surface area contributed by atoms with Crippen molar-refractivity contribution in [3.63, 3.8) is 0 Å². The van der Waals surface area contributed by atoms with Crippen molar-refractivity contribution >= 4 is 0 Å². The minimum atomic E-state index is 1.07. The van der Waals surface area contributed by atoms with Gasteiger partial charge in [-0.1, -0.05) is 36.5 Å². The van der Waals surface area contributed by atoms with Crippen LogP contribution in [-0.4, -0.2) is 0 Å². The highest BCUT2D eigenvalue weighted by Gasteiger charge is 1.84. The molecule has 0 atom stereocenters. The predicted octanol–water partition coefficient (Wildman–Crippen LogP) is 3.82. The number of rotatable bonds is 0. The van der Waals surface area contributed by atoms with Crippen LogP contribution in [0.2, 0.25) is 0 Å². The molecule has 0 aromatic carbocycles. The van der Waals surface area contributed by atoms with Crippen molar-refractivity contribution in [1.82, 2.24) is 0 Å². The first kappa shape index (κ1) is 9.31. The van der Waals surface area contributed by atoms with Gasteiger partial charge in [-0.2, -0.15) is 0 Å². The Labute approximate surface area is 75.7 Å². The maximum atomic E-state index is 2.28. The van der Waals surface area contributed by atoms with Gasteiger partial charge >= 0.3 is 0 Å². The largest absolute Gasteiger partial charge is 0.0882 e. The SMILES string of the molecule is [CH]1/C=C/C/C=C/C/C=C\CCC1. The van der Waals surface area contributed by atoms with E-state index in [1.54, 1.807) is 0 Å². The smallest absolute Gasteiger partial charge is 0.0169 e. The number of allylic oxidation sites excluding steroid dienone is 6. The first-order valence-corrected chi connectivity index (χ1v) is 4.78. The molecule has 12 heavy (non-hydrogen) atoms. The van der Waals surface area contributed by atoms with E-state index in [1.165, 1.54) is 19.3 Å². The minimum absolute atomic E-state index is 1.07. The van der Waals surface area contributed by atoms with Gasteiger partial charge in [0.1, 0.15) is 0 Å². The lowest BCUT2D eigenvalue weighted by atomic mass is 10.1. The molecule has 0 heterocycles. The van der Waals surface area contributed by atoms with Gasteiger partial charge in [-0.05, 0) is 38.5 Å². The number of hydrogen-bond donors (Lipinski definition) is 0. The Morgan fingerprint density at radius 2 is 1.42 bits per heavy atom. The van der Waals surface area contributed by atoms with E-state index >= 15 is 0 Å². The van der Waals surface area contributed by atoms with Crippen molar-refractivity contribution < 1.29 is 0 Å². The highest BCUT2D eigenvalue weighted by molar-refractivity contribution is 5.02. The molecule has 0 unspecified atom stereocenters. The maximum Gasteiger partial charge on any atom is -0.0169 e.